The van der Waals surface area contributed by atoms with Crippen molar-refractivity contribution in [2.24, 2.45) is 58.8 Å². The highest BCUT2D eigenvalue weighted by molar-refractivity contribution is 4.90. The number of hydrogen-bond acceptors (Lipinski definition) is 2. The van der Waals surface area contributed by atoms with Crippen LogP contribution in [0.2, 0.25) is 0 Å². The Bertz CT molecular complexity index is 381. The molecule has 0 heterocycles. The summed E-state index contributed by atoms with van der Waals surface area (Å²) in [7, 11) is 0. The van der Waals surface area contributed by atoms with Crippen LogP contribution in [0.1, 0.15) is 99.3 Å². The Balaban J connectivity index is 1.89. The van der Waals surface area contributed by atoms with Crippen molar-refractivity contribution in [2.45, 2.75) is 111 Å². The molecule has 2 aliphatic carbocycles. The monoisotopic (exact) mass is 378 g/mol. The van der Waals surface area contributed by atoms with Crippen molar-refractivity contribution < 1.29 is 0 Å². The van der Waals surface area contributed by atoms with Gasteiger partial charge in [-0.25, -0.2) is 0 Å². The molecule has 2 fully saturated rings. The van der Waals surface area contributed by atoms with Crippen LogP contribution in [0.25, 0.3) is 0 Å². The molecule has 2 nitrogen and oxygen atoms in total. The zero-order chi connectivity index (χ0) is 20.1. The average Bonchev–Trinajstić information content (AvgIpc) is 2.56. The zero-order valence-corrected chi connectivity index (χ0v) is 19.3. The molecule has 0 saturated heterocycles. The minimum atomic E-state index is 0.439. The smallest absolute Gasteiger partial charge is 0.00699 e. The number of rotatable bonds is 8. The third-order valence-corrected chi connectivity index (χ3v) is 7.94. The predicted octanol–water partition coefficient (Wildman–Crippen LogP) is 6.23. The maximum absolute atomic E-state index is 6.56. The molecule has 2 rings (SSSR count). The first-order valence-electron chi connectivity index (χ1n) is 12.2. The summed E-state index contributed by atoms with van der Waals surface area (Å²) in [6, 6.07) is 0.877. The number of nitrogens with two attached hydrogens (primary N) is 2. The summed E-state index contributed by atoms with van der Waals surface area (Å²) in [5, 5.41) is 0. The molecular formula is C25H50N2. The second kappa shape index (κ2) is 10.6. The van der Waals surface area contributed by atoms with Crippen LogP contribution >= 0.6 is 0 Å². The van der Waals surface area contributed by atoms with Gasteiger partial charge in [-0.15, -0.1) is 0 Å². The van der Waals surface area contributed by atoms with E-state index in [0.29, 0.717) is 12.1 Å². The Labute approximate surface area is 170 Å². The summed E-state index contributed by atoms with van der Waals surface area (Å²) in [5.74, 6) is 6.43. The van der Waals surface area contributed by atoms with Crippen LogP contribution in [0.4, 0.5) is 0 Å². The van der Waals surface area contributed by atoms with Gasteiger partial charge in [-0.2, -0.15) is 0 Å². The van der Waals surface area contributed by atoms with Crippen molar-refractivity contribution in [3.63, 3.8) is 0 Å². The highest BCUT2D eigenvalue weighted by Gasteiger charge is 2.36. The van der Waals surface area contributed by atoms with Gasteiger partial charge in [0.1, 0.15) is 0 Å². The highest BCUT2D eigenvalue weighted by atomic mass is 14.7. The molecule has 160 valence electrons. The van der Waals surface area contributed by atoms with Gasteiger partial charge in [0, 0.05) is 12.1 Å². The molecule has 0 radical (unpaired) electrons. The van der Waals surface area contributed by atoms with E-state index < -0.39 is 0 Å². The molecule has 0 amide bonds. The minimum Gasteiger partial charge on any atom is -0.327 e. The first-order chi connectivity index (χ1) is 12.7. The predicted molar refractivity (Wildman–Crippen MR) is 119 cm³/mol. The topological polar surface area (TPSA) is 52.0 Å². The summed E-state index contributed by atoms with van der Waals surface area (Å²) < 4.78 is 0. The largest absolute Gasteiger partial charge is 0.327 e. The second-order valence-electron chi connectivity index (χ2n) is 11.5. The fourth-order valence-corrected chi connectivity index (χ4v) is 6.68. The third-order valence-electron chi connectivity index (χ3n) is 7.94. The quantitative estimate of drug-likeness (QED) is 0.526. The normalized spacial score (nSPS) is 37.6. The van der Waals surface area contributed by atoms with Crippen LogP contribution in [-0.2, 0) is 0 Å². The van der Waals surface area contributed by atoms with Gasteiger partial charge >= 0.3 is 0 Å². The highest BCUT2D eigenvalue weighted by Crippen LogP contribution is 2.43. The SMILES string of the molecule is CC(C)CC(C)C1CC(CC2CCC(N)C(C(C)CC(C)C)C2)CCC1N. The second-order valence-corrected chi connectivity index (χ2v) is 11.5. The molecule has 0 aliphatic heterocycles. The van der Waals surface area contributed by atoms with Gasteiger partial charge in [0.15, 0.2) is 0 Å². The standard InChI is InChI=1S/C25H50N2/c1-16(2)11-18(5)22-14-20(7-9-24(22)26)13-21-8-10-25(27)23(15-21)19(6)12-17(3)4/h16-25H,7-15,26-27H2,1-6H3. The zero-order valence-electron chi connectivity index (χ0n) is 19.3. The molecule has 4 N–H and O–H groups in total. The summed E-state index contributed by atoms with van der Waals surface area (Å²) >= 11 is 0. The summed E-state index contributed by atoms with van der Waals surface area (Å²) in [6.45, 7) is 14.3. The molecule has 8 atom stereocenters. The molecule has 8 unspecified atom stereocenters. The molecule has 27 heavy (non-hydrogen) atoms. The lowest BCUT2D eigenvalue weighted by atomic mass is 9.65. The first-order valence-corrected chi connectivity index (χ1v) is 12.2. The minimum absolute atomic E-state index is 0.439. The third kappa shape index (κ3) is 7.03. The molecule has 0 spiro atoms. The van der Waals surface area contributed by atoms with Crippen LogP contribution < -0.4 is 11.5 Å². The van der Waals surface area contributed by atoms with Gasteiger partial charge in [0.25, 0.3) is 0 Å². The first kappa shape index (κ1) is 23.2. The van der Waals surface area contributed by atoms with E-state index in [-0.39, 0.29) is 0 Å². The van der Waals surface area contributed by atoms with Crippen molar-refractivity contribution in [3.05, 3.63) is 0 Å². The average molecular weight is 379 g/mol. The Morgan fingerprint density at radius 2 is 1.00 bits per heavy atom. The van der Waals surface area contributed by atoms with Gasteiger partial charge in [-0.05, 0) is 105 Å². The van der Waals surface area contributed by atoms with Crippen molar-refractivity contribution in [2.75, 3.05) is 0 Å². The molecule has 2 heteroatoms. The van der Waals surface area contributed by atoms with E-state index in [1.165, 1.54) is 57.8 Å². The Morgan fingerprint density at radius 3 is 1.33 bits per heavy atom. The van der Waals surface area contributed by atoms with Gasteiger partial charge in [-0.3, -0.25) is 0 Å². The maximum Gasteiger partial charge on any atom is 0.00699 e. The summed E-state index contributed by atoms with van der Waals surface area (Å²) in [4.78, 5) is 0. The van der Waals surface area contributed by atoms with Crippen molar-refractivity contribution in [3.8, 4) is 0 Å². The van der Waals surface area contributed by atoms with Crippen LogP contribution in [0.15, 0.2) is 0 Å². The summed E-state index contributed by atoms with van der Waals surface area (Å²) in [5.41, 5.74) is 13.1. The van der Waals surface area contributed by atoms with Crippen molar-refractivity contribution in [1.82, 2.24) is 0 Å². The van der Waals surface area contributed by atoms with Crippen LogP contribution in [-0.4, -0.2) is 12.1 Å². The maximum atomic E-state index is 6.56. The van der Waals surface area contributed by atoms with E-state index in [4.69, 9.17) is 11.5 Å². The van der Waals surface area contributed by atoms with Crippen LogP contribution in [0, 0.1) is 47.3 Å². The van der Waals surface area contributed by atoms with E-state index in [2.05, 4.69) is 41.5 Å². The van der Waals surface area contributed by atoms with E-state index >= 15 is 0 Å². The van der Waals surface area contributed by atoms with E-state index in [1.54, 1.807) is 0 Å². The molecule has 2 aliphatic rings. The lowest BCUT2D eigenvalue weighted by Gasteiger charge is -2.42. The van der Waals surface area contributed by atoms with Crippen molar-refractivity contribution in [1.29, 1.82) is 0 Å². The molecule has 0 bridgehead atoms. The van der Waals surface area contributed by atoms with Crippen LogP contribution in [0.5, 0.6) is 0 Å². The Morgan fingerprint density at radius 1 is 0.630 bits per heavy atom. The molecular weight excluding hydrogens is 328 g/mol. The Hall–Kier alpha value is -0.0800. The molecule has 2 saturated carbocycles. The fraction of sp³-hybridized carbons (Fsp3) is 1.00. The molecule has 0 aromatic carbocycles. The van der Waals surface area contributed by atoms with Gasteiger partial charge < -0.3 is 11.5 Å². The lowest BCUT2D eigenvalue weighted by Crippen LogP contribution is -2.42. The number of hydrogen-bond donors (Lipinski definition) is 2. The van der Waals surface area contributed by atoms with E-state index in [9.17, 15) is 0 Å². The fourth-order valence-electron chi connectivity index (χ4n) is 6.68. The Kier molecular flexibility index (Phi) is 9.13. The van der Waals surface area contributed by atoms with Crippen molar-refractivity contribution >= 4 is 0 Å². The molecule has 0 aromatic rings. The van der Waals surface area contributed by atoms with E-state index in [1.807, 2.05) is 0 Å². The van der Waals surface area contributed by atoms with Gasteiger partial charge in [0.05, 0.1) is 0 Å². The van der Waals surface area contributed by atoms with Gasteiger partial charge in [-0.1, -0.05) is 41.5 Å². The van der Waals surface area contributed by atoms with Gasteiger partial charge in [0.2, 0.25) is 0 Å². The van der Waals surface area contributed by atoms with E-state index in [0.717, 1.165) is 47.3 Å². The van der Waals surface area contributed by atoms with Crippen LogP contribution in [0.3, 0.4) is 0 Å². The molecule has 0 aromatic heterocycles. The summed E-state index contributed by atoms with van der Waals surface area (Å²) in [6.07, 6.45) is 12.1. The lowest BCUT2D eigenvalue weighted by molar-refractivity contribution is 0.109.